The number of ether oxygens (including phenoxy) is 3. The molecule has 2 aliphatic rings. The molecule has 2 N–H and O–H groups in total. The van der Waals surface area contributed by atoms with Crippen LogP contribution in [-0.2, 0) is 14.2 Å². The molecule has 13 heteroatoms. The number of benzene rings is 1. The van der Waals surface area contributed by atoms with Crippen LogP contribution in [0.5, 0.6) is 0 Å². The number of hydrogen-bond donors (Lipinski definition) is 2. The van der Waals surface area contributed by atoms with Crippen LogP contribution < -0.4 is 0 Å². The molecule has 36 heavy (non-hydrogen) atoms. The molecule has 190 valence electrons. The van der Waals surface area contributed by atoms with Crippen molar-refractivity contribution >= 4 is 5.97 Å². The molecule has 2 fully saturated rings. The molecule has 1 aromatic carbocycles. The lowest BCUT2D eigenvalue weighted by Crippen LogP contribution is -2.63. The Bertz CT molecular complexity index is 1230. The minimum atomic E-state index is -1.63. The van der Waals surface area contributed by atoms with E-state index >= 15 is 0 Å². The maximum absolute atomic E-state index is 13.8. The highest BCUT2D eigenvalue weighted by Gasteiger charge is 2.59. The first-order valence-electron chi connectivity index (χ1n) is 11.1. The van der Waals surface area contributed by atoms with E-state index in [1.165, 1.54) is 24.7 Å². The molecule has 0 saturated carbocycles. The normalized spacial score (nSPS) is 27.9. The number of aliphatic hydroxyl groups is 2. The lowest BCUT2D eigenvalue weighted by molar-refractivity contribution is -0.337. The lowest BCUT2D eigenvalue weighted by Gasteiger charge is -2.48. The zero-order valence-electron chi connectivity index (χ0n) is 18.6. The molecule has 3 aromatic rings. The Balaban J connectivity index is 1.55. The average Bonchev–Trinajstić information content (AvgIpc) is 3.56. The fourth-order valence-electron chi connectivity index (χ4n) is 4.53. The van der Waals surface area contributed by atoms with Crippen molar-refractivity contribution in [1.29, 1.82) is 0 Å². The molecule has 5 rings (SSSR count). The zero-order chi connectivity index (χ0) is 25.4. The van der Waals surface area contributed by atoms with Crippen LogP contribution in [0.25, 0.3) is 11.3 Å². The zero-order valence-corrected chi connectivity index (χ0v) is 18.6. The Hall–Kier alpha value is -3.39. The number of halogens is 3. The van der Waals surface area contributed by atoms with Crippen LogP contribution in [0.1, 0.15) is 29.2 Å². The van der Waals surface area contributed by atoms with Crippen molar-refractivity contribution in [3.05, 3.63) is 65.9 Å². The number of aromatic nitrogens is 4. The third-order valence-corrected chi connectivity index (χ3v) is 6.25. The van der Waals surface area contributed by atoms with Gasteiger partial charge < -0.3 is 24.4 Å². The van der Waals surface area contributed by atoms with E-state index in [0.29, 0.717) is 6.42 Å². The van der Waals surface area contributed by atoms with Crippen molar-refractivity contribution in [2.45, 2.75) is 43.0 Å². The first-order chi connectivity index (χ1) is 17.3. The summed E-state index contributed by atoms with van der Waals surface area (Å²) in [5.41, 5.74) is -0.000816. The third kappa shape index (κ3) is 4.23. The molecule has 0 unspecified atom stereocenters. The number of nitrogens with zero attached hydrogens (tertiary/aromatic N) is 4. The van der Waals surface area contributed by atoms with Crippen LogP contribution in [-0.4, -0.2) is 73.5 Å². The van der Waals surface area contributed by atoms with E-state index in [-0.39, 0.29) is 29.8 Å². The number of rotatable bonds is 5. The SMILES string of the molecule is O=C(O[C@H]1[C@@H](n2cc(-c3cc(F)c(F)c(F)c3)nn2)[C@@H](O)[C@@H](CO)O[C@@]12CCCO2)c1cccnc1. The van der Waals surface area contributed by atoms with Gasteiger partial charge in [0.25, 0.3) is 0 Å². The first kappa shape index (κ1) is 24.3. The summed E-state index contributed by atoms with van der Waals surface area (Å²) in [7, 11) is 0. The molecule has 2 saturated heterocycles. The predicted molar refractivity (Wildman–Crippen MR) is 114 cm³/mol. The second-order valence-corrected chi connectivity index (χ2v) is 8.49. The highest BCUT2D eigenvalue weighted by molar-refractivity contribution is 5.89. The van der Waals surface area contributed by atoms with Crippen LogP contribution in [0.4, 0.5) is 13.2 Å². The summed E-state index contributed by atoms with van der Waals surface area (Å²) < 4.78 is 59.7. The highest BCUT2D eigenvalue weighted by atomic mass is 19.2. The summed E-state index contributed by atoms with van der Waals surface area (Å²) >= 11 is 0. The van der Waals surface area contributed by atoms with Crippen LogP contribution in [0.2, 0.25) is 0 Å². The number of aliphatic hydroxyl groups excluding tert-OH is 2. The molecule has 2 aromatic heterocycles. The van der Waals surface area contributed by atoms with Crippen LogP contribution >= 0.6 is 0 Å². The number of carbonyl (C=O) groups is 1. The maximum Gasteiger partial charge on any atom is 0.340 e. The Labute approximate surface area is 202 Å². The van der Waals surface area contributed by atoms with E-state index in [1.54, 1.807) is 6.07 Å². The fourth-order valence-corrected chi connectivity index (χ4v) is 4.53. The molecule has 0 radical (unpaired) electrons. The molecule has 2 aliphatic heterocycles. The second-order valence-electron chi connectivity index (χ2n) is 8.49. The largest absolute Gasteiger partial charge is 0.451 e. The van der Waals surface area contributed by atoms with Gasteiger partial charge >= 0.3 is 5.97 Å². The summed E-state index contributed by atoms with van der Waals surface area (Å²) in [5.74, 6) is -6.72. The minimum absolute atomic E-state index is 0.0363. The van der Waals surface area contributed by atoms with Gasteiger partial charge in [0, 0.05) is 24.4 Å². The van der Waals surface area contributed by atoms with Gasteiger partial charge in [-0.05, 0) is 30.7 Å². The molecule has 0 bridgehead atoms. The van der Waals surface area contributed by atoms with E-state index in [4.69, 9.17) is 14.2 Å². The predicted octanol–water partition coefficient (Wildman–Crippen LogP) is 1.78. The fraction of sp³-hybridized carbons (Fsp3) is 0.391. The number of esters is 1. The number of carbonyl (C=O) groups excluding carboxylic acids is 1. The van der Waals surface area contributed by atoms with Gasteiger partial charge in [-0.3, -0.25) is 4.98 Å². The van der Waals surface area contributed by atoms with Crippen molar-refractivity contribution < 1.29 is 42.4 Å². The topological polar surface area (TPSA) is 129 Å². The molecule has 0 amide bonds. The minimum Gasteiger partial charge on any atom is -0.451 e. The Morgan fingerprint density at radius 2 is 2.06 bits per heavy atom. The van der Waals surface area contributed by atoms with Crippen LogP contribution in [0.15, 0.2) is 42.9 Å². The first-order valence-corrected chi connectivity index (χ1v) is 11.1. The third-order valence-electron chi connectivity index (χ3n) is 6.25. The van der Waals surface area contributed by atoms with Crippen molar-refractivity contribution in [1.82, 2.24) is 20.0 Å². The summed E-state index contributed by atoms with van der Waals surface area (Å²) in [6.45, 7) is -0.305. The molecule has 0 aliphatic carbocycles. The average molecular weight is 506 g/mol. The van der Waals surface area contributed by atoms with Gasteiger partial charge in [-0.2, -0.15) is 0 Å². The van der Waals surface area contributed by atoms with E-state index in [1.807, 2.05) is 0 Å². The van der Waals surface area contributed by atoms with Crippen molar-refractivity contribution in [3.8, 4) is 11.3 Å². The summed E-state index contributed by atoms with van der Waals surface area (Å²) in [5, 5.41) is 28.8. The molecule has 4 heterocycles. The number of hydrogen-bond acceptors (Lipinski definition) is 9. The summed E-state index contributed by atoms with van der Waals surface area (Å²) in [4.78, 5) is 16.9. The van der Waals surface area contributed by atoms with E-state index in [2.05, 4.69) is 15.3 Å². The Kier molecular flexibility index (Phi) is 6.47. The lowest BCUT2D eigenvalue weighted by atomic mass is 9.88. The molecule has 1 spiro atoms. The quantitative estimate of drug-likeness (QED) is 0.393. The van der Waals surface area contributed by atoms with Gasteiger partial charge in [0.1, 0.15) is 23.9 Å². The smallest absolute Gasteiger partial charge is 0.340 e. The second kappa shape index (κ2) is 9.58. The Morgan fingerprint density at radius 1 is 1.28 bits per heavy atom. The van der Waals surface area contributed by atoms with Crippen LogP contribution in [0.3, 0.4) is 0 Å². The van der Waals surface area contributed by atoms with Gasteiger partial charge in [-0.15, -0.1) is 5.10 Å². The molecular weight excluding hydrogens is 485 g/mol. The van der Waals surface area contributed by atoms with Gasteiger partial charge in [-0.1, -0.05) is 5.21 Å². The number of pyridine rings is 1. The molecule has 10 nitrogen and oxygen atoms in total. The Morgan fingerprint density at radius 3 is 2.69 bits per heavy atom. The van der Waals surface area contributed by atoms with Crippen molar-refractivity contribution in [2.24, 2.45) is 0 Å². The highest BCUT2D eigenvalue weighted by Crippen LogP contribution is 2.45. The summed E-state index contributed by atoms with van der Waals surface area (Å²) in [6.07, 6.45) is 1.05. The molecule has 5 atom stereocenters. The van der Waals surface area contributed by atoms with Crippen molar-refractivity contribution in [3.63, 3.8) is 0 Å². The van der Waals surface area contributed by atoms with E-state index < -0.39 is 60.2 Å². The van der Waals surface area contributed by atoms with Crippen LogP contribution in [0, 0.1) is 17.5 Å². The van der Waals surface area contributed by atoms with Gasteiger partial charge in [-0.25, -0.2) is 22.6 Å². The maximum atomic E-state index is 13.8. The van der Waals surface area contributed by atoms with Crippen molar-refractivity contribution in [2.75, 3.05) is 13.2 Å². The molecular formula is C23H21F3N4O6. The van der Waals surface area contributed by atoms with E-state index in [0.717, 1.165) is 16.8 Å². The monoisotopic (exact) mass is 506 g/mol. The standard InChI is InChI=1S/C23H21F3N4O6/c24-14-7-13(8-15(25)18(14)26)16-10-30(29-28-16)19-20(32)17(11-31)36-23(4-2-6-34-23)21(19)35-22(33)12-3-1-5-27-9-12/h1,3,5,7-10,17,19-21,31-32H,2,4,6,11H2/t17-,19+,20+,21+,23+/m1/s1. The van der Waals surface area contributed by atoms with Gasteiger partial charge in [0.15, 0.2) is 23.6 Å². The van der Waals surface area contributed by atoms with Gasteiger partial charge in [0.2, 0.25) is 5.79 Å². The van der Waals surface area contributed by atoms with E-state index in [9.17, 15) is 28.2 Å². The summed E-state index contributed by atoms with van der Waals surface area (Å²) in [6, 6.07) is 3.38. The van der Waals surface area contributed by atoms with Gasteiger partial charge in [0.05, 0.1) is 25.0 Å².